The number of pyridine rings is 1. The van der Waals surface area contributed by atoms with E-state index in [9.17, 15) is 9.59 Å². The van der Waals surface area contributed by atoms with E-state index in [-0.39, 0.29) is 17.9 Å². The first-order valence-corrected chi connectivity index (χ1v) is 9.13. The van der Waals surface area contributed by atoms with Crippen LogP contribution in [-0.2, 0) is 4.79 Å². The summed E-state index contributed by atoms with van der Waals surface area (Å²) in [5.74, 6) is 0.751. The maximum atomic E-state index is 13.0. The lowest BCUT2D eigenvalue weighted by atomic mass is 10.0. The van der Waals surface area contributed by atoms with Gasteiger partial charge in [-0.2, -0.15) is 0 Å². The zero-order valence-electron chi connectivity index (χ0n) is 16.0. The fourth-order valence-electron chi connectivity index (χ4n) is 3.46. The number of benzene rings is 1. The second kappa shape index (κ2) is 8.20. The van der Waals surface area contributed by atoms with Crippen molar-refractivity contribution in [1.29, 1.82) is 0 Å². The molecule has 27 heavy (non-hydrogen) atoms. The maximum absolute atomic E-state index is 13.0. The monoisotopic (exact) mass is 367 g/mol. The van der Waals surface area contributed by atoms with Crippen molar-refractivity contribution in [3.05, 3.63) is 48.2 Å². The van der Waals surface area contributed by atoms with Crippen molar-refractivity contribution in [2.75, 3.05) is 27.2 Å². The topological polar surface area (TPSA) is 62.7 Å². The standard InChI is InChI=1S/C21H25N3O3/c1-15(25)23(2)17-9-12-24(13-10-17)21(26)16-7-8-20(27-3)18(14-16)19-6-4-5-11-22-19/h4-8,11,14,17H,9-10,12-13H2,1-3H3. The molecule has 3 rings (SSSR count). The molecule has 0 aliphatic carbocycles. The maximum Gasteiger partial charge on any atom is 0.253 e. The third-order valence-electron chi connectivity index (χ3n) is 5.18. The molecule has 2 amide bonds. The number of piperidine rings is 1. The number of methoxy groups -OCH3 is 1. The van der Waals surface area contributed by atoms with Gasteiger partial charge in [-0.15, -0.1) is 0 Å². The van der Waals surface area contributed by atoms with Gasteiger partial charge in [0.05, 0.1) is 12.8 Å². The Morgan fingerprint density at radius 1 is 1.19 bits per heavy atom. The van der Waals surface area contributed by atoms with Crippen molar-refractivity contribution in [3.63, 3.8) is 0 Å². The Hall–Kier alpha value is -2.89. The Morgan fingerprint density at radius 3 is 2.52 bits per heavy atom. The first-order valence-electron chi connectivity index (χ1n) is 9.13. The van der Waals surface area contributed by atoms with Gasteiger partial charge < -0.3 is 14.5 Å². The molecular formula is C21H25N3O3. The summed E-state index contributed by atoms with van der Waals surface area (Å²) in [6, 6.07) is 11.3. The van der Waals surface area contributed by atoms with Gasteiger partial charge in [0.1, 0.15) is 5.75 Å². The molecule has 0 atom stereocenters. The summed E-state index contributed by atoms with van der Waals surface area (Å²) in [5.41, 5.74) is 2.19. The van der Waals surface area contributed by atoms with Crippen molar-refractivity contribution < 1.29 is 14.3 Å². The molecule has 0 spiro atoms. The number of carbonyl (C=O) groups is 2. The molecule has 6 nitrogen and oxygen atoms in total. The zero-order chi connectivity index (χ0) is 19.4. The van der Waals surface area contributed by atoms with Crippen LogP contribution in [0.15, 0.2) is 42.6 Å². The molecule has 0 saturated carbocycles. The summed E-state index contributed by atoms with van der Waals surface area (Å²) < 4.78 is 5.44. The van der Waals surface area contributed by atoms with E-state index in [1.807, 2.05) is 42.3 Å². The number of ether oxygens (including phenoxy) is 1. The summed E-state index contributed by atoms with van der Waals surface area (Å²) in [5, 5.41) is 0. The van der Waals surface area contributed by atoms with Crippen LogP contribution < -0.4 is 4.74 Å². The number of carbonyl (C=O) groups excluding carboxylic acids is 2. The van der Waals surface area contributed by atoms with Gasteiger partial charge in [0.2, 0.25) is 5.91 Å². The van der Waals surface area contributed by atoms with Crippen LogP contribution in [0.3, 0.4) is 0 Å². The average Bonchev–Trinajstić information content (AvgIpc) is 2.73. The number of nitrogens with zero attached hydrogens (tertiary/aromatic N) is 3. The highest BCUT2D eigenvalue weighted by Crippen LogP contribution is 2.30. The number of aromatic nitrogens is 1. The number of likely N-dealkylation sites (tertiary alicyclic amines) is 1. The van der Waals surface area contributed by atoms with Crippen LogP contribution in [-0.4, -0.2) is 59.9 Å². The third kappa shape index (κ3) is 4.10. The highest BCUT2D eigenvalue weighted by molar-refractivity contribution is 5.96. The van der Waals surface area contributed by atoms with Crippen LogP contribution >= 0.6 is 0 Å². The number of amides is 2. The molecule has 1 fully saturated rings. The molecule has 1 saturated heterocycles. The van der Waals surface area contributed by atoms with Crippen molar-refractivity contribution in [3.8, 4) is 17.0 Å². The molecule has 142 valence electrons. The largest absolute Gasteiger partial charge is 0.496 e. The molecular weight excluding hydrogens is 342 g/mol. The van der Waals surface area contributed by atoms with E-state index in [1.54, 1.807) is 31.2 Å². The van der Waals surface area contributed by atoms with Gasteiger partial charge >= 0.3 is 0 Å². The molecule has 2 aromatic rings. The summed E-state index contributed by atoms with van der Waals surface area (Å²) in [6.07, 6.45) is 3.32. The molecule has 1 aromatic heterocycles. The Bertz CT molecular complexity index is 815. The lowest BCUT2D eigenvalue weighted by Gasteiger charge is -2.36. The molecule has 1 aromatic carbocycles. The summed E-state index contributed by atoms with van der Waals surface area (Å²) in [6.45, 7) is 2.87. The van der Waals surface area contributed by atoms with Gasteiger partial charge in [0, 0.05) is 50.4 Å². The van der Waals surface area contributed by atoms with Crippen LogP contribution in [0.4, 0.5) is 0 Å². The Balaban J connectivity index is 1.77. The Kier molecular flexibility index (Phi) is 5.74. The number of rotatable bonds is 4. The second-order valence-electron chi connectivity index (χ2n) is 6.78. The minimum atomic E-state index is -0.00115. The Labute approximate surface area is 159 Å². The average molecular weight is 367 g/mol. The zero-order valence-corrected chi connectivity index (χ0v) is 16.0. The van der Waals surface area contributed by atoms with Crippen molar-refractivity contribution in [2.24, 2.45) is 0 Å². The van der Waals surface area contributed by atoms with Crippen LogP contribution in [0.25, 0.3) is 11.3 Å². The van der Waals surface area contributed by atoms with Crippen LogP contribution in [0.5, 0.6) is 5.75 Å². The van der Waals surface area contributed by atoms with E-state index in [0.717, 1.165) is 24.1 Å². The highest BCUT2D eigenvalue weighted by Gasteiger charge is 2.27. The Morgan fingerprint density at radius 2 is 1.93 bits per heavy atom. The molecule has 0 radical (unpaired) electrons. The first kappa shape index (κ1) is 18.9. The fourth-order valence-corrected chi connectivity index (χ4v) is 3.46. The van der Waals surface area contributed by atoms with E-state index in [2.05, 4.69) is 4.98 Å². The lowest BCUT2D eigenvalue weighted by Crippen LogP contribution is -2.46. The minimum Gasteiger partial charge on any atom is -0.496 e. The van der Waals surface area contributed by atoms with Gasteiger partial charge in [0.25, 0.3) is 5.91 Å². The second-order valence-corrected chi connectivity index (χ2v) is 6.78. The smallest absolute Gasteiger partial charge is 0.253 e. The first-order chi connectivity index (χ1) is 13.0. The van der Waals surface area contributed by atoms with E-state index in [0.29, 0.717) is 24.4 Å². The van der Waals surface area contributed by atoms with Gasteiger partial charge in [0.15, 0.2) is 0 Å². The predicted octanol–water partition coefficient (Wildman–Crippen LogP) is 2.84. The van der Waals surface area contributed by atoms with Gasteiger partial charge in [-0.25, -0.2) is 0 Å². The van der Waals surface area contributed by atoms with Crippen LogP contribution in [0.1, 0.15) is 30.1 Å². The van der Waals surface area contributed by atoms with Gasteiger partial charge in [-0.3, -0.25) is 14.6 Å². The number of hydrogen-bond acceptors (Lipinski definition) is 4. The lowest BCUT2D eigenvalue weighted by molar-refractivity contribution is -0.130. The molecule has 1 aliphatic rings. The van der Waals surface area contributed by atoms with E-state index >= 15 is 0 Å². The van der Waals surface area contributed by atoms with Crippen molar-refractivity contribution in [2.45, 2.75) is 25.8 Å². The normalized spacial score (nSPS) is 14.7. The quantitative estimate of drug-likeness (QED) is 0.834. The van der Waals surface area contributed by atoms with Crippen molar-refractivity contribution in [1.82, 2.24) is 14.8 Å². The fraction of sp³-hybridized carbons (Fsp3) is 0.381. The summed E-state index contributed by atoms with van der Waals surface area (Å²) >= 11 is 0. The van der Waals surface area contributed by atoms with Gasteiger partial charge in [-0.1, -0.05) is 6.07 Å². The molecule has 0 bridgehead atoms. The molecule has 2 heterocycles. The molecule has 6 heteroatoms. The van der Waals surface area contributed by atoms with E-state index in [1.165, 1.54) is 0 Å². The third-order valence-corrected chi connectivity index (χ3v) is 5.18. The van der Waals surface area contributed by atoms with Crippen molar-refractivity contribution >= 4 is 11.8 Å². The highest BCUT2D eigenvalue weighted by atomic mass is 16.5. The summed E-state index contributed by atoms with van der Waals surface area (Å²) in [7, 11) is 3.44. The summed E-state index contributed by atoms with van der Waals surface area (Å²) in [4.78, 5) is 32.5. The van der Waals surface area contributed by atoms with E-state index < -0.39 is 0 Å². The van der Waals surface area contributed by atoms with E-state index in [4.69, 9.17) is 4.74 Å². The van der Waals surface area contributed by atoms with Gasteiger partial charge in [-0.05, 0) is 43.2 Å². The van der Waals surface area contributed by atoms with Crippen LogP contribution in [0, 0.1) is 0 Å². The molecule has 0 N–H and O–H groups in total. The van der Waals surface area contributed by atoms with Crippen LogP contribution in [0.2, 0.25) is 0 Å². The number of hydrogen-bond donors (Lipinski definition) is 0. The molecule has 1 aliphatic heterocycles. The SMILES string of the molecule is COc1ccc(C(=O)N2CCC(N(C)C(C)=O)CC2)cc1-c1ccccn1. The minimum absolute atomic E-state index is 0.00115. The predicted molar refractivity (Wildman–Crippen MR) is 104 cm³/mol. The molecule has 0 unspecified atom stereocenters.